The van der Waals surface area contributed by atoms with E-state index < -0.39 is 0 Å². The van der Waals surface area contributed by atoms with Crippen molar-refractivity contribution in [3.05, 3.63) is 194 Å². The third kappa shape index (κ3) is 5.18. The summed E-state index contributed by atoms with van der Waals surface area (Å²) in [4.78, 5) is 16.0. The number of para-hydroxylation sites is 2. The molecule has 0 aliphatic heterocycles. The molecule has 0 fully saturated rings. The highest BCUT2D eigenvalue weighted by atomic mass is 32.1. The summed E-state index contributed by atoms with van der Waals surface area (Å²) >= 11 is 1.84. The molecule has 270 valence electrons. The monoisotopic (exact) mass is 756 g/mol. The van der Waals surface area contributed by atoms with Crippen LogP contribution in [-0.4, -0.2) is 19.5 Å². The lowest BCUT2D eigenvalue weighted by Gasteiger charge is -2.14. The van der Waals surface area contributed by atoms with Gasteiger partial charge in [0.1, 0.15) is 0 Å². The average molecular weight is 757 g/mol. The molecule has 0 spiro atoms. The van der Waals surface area contributed by atoms with E-state index in [0.29, 0.717) is 5.82 Å². The summed E-state index contributed by atoms with van der Waals surface area (Å²) in [7, 11) is 0. The van der Waals surface area contributed by atoms with E-state index in [1.165, 1.54) is 41.8 Å². The van der Waals surface area contributed by atoms with Gasteiger partial charge in [-0.25, -0.2) is 15.0 Å². The maximum Gasteiger partial charge on any atom is 0.160 e. The van der Waals surface area contributed by atoms with Crippen LogP contribution in [0, 0.1) is 0 Å². The van der Waals surface area contributed by atoms with Gasteiger partial charge >= 0.3 is 0 Å². The third-order valence-corrected chi connectivity index (χ3v) is 12.5. The van der Waals surface area contributed by atoms with Crippen LogP contribution in [0.4, 0.5) is 0 Å². The van der Waals surface area contributed by atoms with E-state index in [0.717, 1.165) is 66.8 Å². The molecule has 0 aliphatic rings. The van der Waals surface area contributed by atoms with E-state index in [9.17, 15) is 0 Å². The Balaban J connectivity index is 1.11. The lowest BCUT2D eigenvalue weighted by molar-refractivity contribution is 1.18. The summed E-state index contributed by atoms with van der Waals surface area (Å²) in [6.07, 6.45) is 0. The van der Waals surface area contributed by atoms with Crippen LogP contribution in [0.15, 0.2) is 194 Å². The zero-order valence-electron chi connectivity index (χ0n) is 31.2. The first-order chi connectivity index (χ1) is 28.7. The van der Waals surface area contributed by atoms with Gasteiger partial charge in [0.25, 0.3) is 0 Å². The van der Waals surface area contributed by atoms with Crippen LogP contribution in [0.1, 0.15) is 0 Å². The number of hydrogen-bond donors (Lipinski definition) is 0. The van der Waals surface area contributed by atoms with Gasteiger partial charge in [-0.15, -0.1) is 11.3 Å². The predicted octanol–water partition coefficient (Wildman–Crippen LogP) is 14.3. The highest BCUT2D eigenvalue weighted by Gasteiger charge is 2.19. The number of pyridine rings is 1. The van der Waals surface area contributed by atoms with Crippen LogP contribution in [-0.2, 0) is 0 Å². The summed E-state index contributed by atoms with van der Waals surface area (Å²) in [5, 5.41) is 8.35. The van der Waals surface area contributed by atoms with Gasteiger partial charge < -0.3 is 4.57 Å². The van der Waals surface area contributed by atoms with Crippen molar-refractivity contribution < 1.29 is 0 Å². The second-order valence-corrected chi connectivity index (χ2v) is 15.8. The number of rotatable bonds is 5. The minimum Gasteiger partial charge on any atom is -0.309 e. The SMILES string of the molecule is c1ccc(-c2cc(-c3ccc4c(c3)c3ccccc3n4-c3ccccc3)nc(-c3ccc4nc(-c5ccccc5)c5ccc6sc7ccccc7c6c5c4c3)n2)cc1. The molecular weight excluding hydrogens is 725 g/mol. The molecule has 8 aromatic carbocycles. The Kier molecular flexibility index (Phi) is 7.37. The molecule has 12 aromatic rings. The molecule has 0 bridgehead atoms. The quantitative estimate of drug-likeness (QED) is 0.164. The van der Waals surface area contributed by atoms with Gasteiger partial charge in [-0.05, 0) is 66.7 Å². The Hall–Kier alpha value is -7.47. The van der Waals surface area contributed by atoms with E-state index in [2.05, 4.69) is 193 Å². The number of aromatic nitrogens is 4. The first-order valence-corrected chi connectivity index (χ1v) is 20.3. The van der Waals surface area contributed by atoms with Crippen LogP contribution in [0.2, 0.25) is 0 Å². The fourth-order valence-electron chi connectivity index (χ4n) is 8.73. The number of thiophene rings is 1. The lowest BCUT2D eigenvalue weighted by Crippen LogP contribution is -1.97. The van der Waals surface area contributed by atoms with Crippen molar-refractivity contribution in [2.75, 3.05) is 0 Å². The van der Waals surface area contributed by atoms with Crippen LogP contribution in [0.5, 0.6) is 0 Å². The van der Waals surface area contributed by atoms with E-state index in [1.54, 1.807) is 0 Å². The Morgan fingerprint density at radius 1 is 0.362 bits per heavy atom. The smallest absolute Gasteiger partial charge is 0.160 e. The van der Waals surface area contributed by atoms with Crippen molar-refractivity contribution in [3.8, 4) is 50.8 Å². The van der Waals surface area contributed by atoms with Gasteiger partial charge in [-0.1, -0.05) is 127 Å². The third-order valence-electron chi connectivity index (χ3n) is 11.4. The maximum absolute atomic E-state index is 5.37. The summed E-state index contributed by atoms with van der Waals surface area (Å²) in [5.41, 5.74) is 11.3. The summed E-state index contributed by atoms with van der Waals surface area (Å²) < 4.78 is 4.89. The Labute approximate surface area is 338 Å². The Bertz CT molecular complexity index is 3550. The normalized spacial score (nSPS) is 11.8. The van der Waals surface area contributed by atoms with Gasteiger partial charge in [0.15, 0.2) is 5.82 Å². The molecule has 0 saturated carbocycles. The topological polar surface area (TPSA) is 43.6 Å². The number of hydrogen-bond acceptors (Lipinski definition) is 4. The molecule has 0 N–H and O–H groups in total. The molecule has 0 amide bonds. The minimum atomic E-state index is 0.674. The van der Waals surface area contributed by atoms with Gasteiger partial charge in [0.2, 0.25) is 0 Å². The molecular formula is C53H32N4S. The number of fused-ring (bicyclic) bond motifs is 10. The van der Waals surface area contributed by atoms with Crippen LogP contribution >= 0.6 is 11.3 Å². The molecule has 0 saturated heterocycles. The van der Waals surface area contributed by atoms with Crippen LogP contribution in [0.25, 0.3) is 115 Å². The number of nitrogens with zero attached hydrogens (tertiary/aromatic N) is 4. The summed E-state index contributed by atoms with van der Waals surface area (Å²) in [6.45, 7) is 0. The summed E-state index contributed by atoms with van der Waals surface area (Å²) in [6, 6.07) is 68.8. The van der Waals surface area contributed by atoms with Crippen LogP contribution < -0.4 is 0 Å². The van der Waals surface area contributed by atoms with Crippen LogP contribution in [0.3, 0.4) is 0 Å². The lowest BCUT2D eigenvalue weighted by atomic mass is 9.95. The van der Waals surface area contributed by atoms with Gasteiger partial charge in [-0.2, -0.15) is 0 Å². The minimum absolute atomic E-state index is 0.674. The molecule has 58 heavy (non-hydrogen) atoms. The summed E-state index contributed by atoms with van der Waals surface area (Å²) in [5.74, 6) is 0.674. The molecule has 5 heteroatoms. The zero-order chi connectivity index (χ0) is 38.2. The first-order valence-electron chi connectivity index (χ1n) is 19.5. The standard InChI is InChI=1S/C53H32N4S/c1-4-14-33(15-5-1)44-32-45(35-25-28-47-41(30-35)38-20-10-12-22-46(38)57(47)37-18-8-3-9-19-37)56-53(55-44)36-24-27-43-42(31-36)50-40(52(54-43)34-16-6-2-7-17-34)26-29-49-51(50)39-21-11-13-23-48(39)58-49/h1-32H. The van der Waals surface area contributed by atoms with Crippen molar-refractivity contribution in [2.45, 2.75) is 0 Å². The fraction of sp³-hybridized carbons (Fsp3) is 0. The second-order valence-electron chi connectivity index (χ2n) is 14.8. The van der Waals surface area contributed by atoms with Gasteiger partial charge in [0.05, 0.1) is 33.6 Å². The molecule has 0 atom stereocenters. The van der Waals surface area contributed by atoms with Crippen molar-refractivity contribution >= 4 is 75.0 Å². The van der Waals surface area contributed by atoms with E-state index in [-0.39, 0.29) is 0 Å². The number of benzene rings is 8. The molecule has 4 heterocycles. The molecule has 12 rings (SSSR count). The second kappa shape index (κ2) is 13.1. The fourth-order valence-corrected chi connectivity index (χ4v) is 9.85. The highest BCUT2D eigenvalue weighted by molar-refractivity contribution is 7.26. The van der Waals surface area contributed by atoms with E-state index >= 15 is 0 Å². The molecule has 0 aliphatic carbocycles. The Morgan fingerprint density at radius 3 is 1.81 bits per heavy atom. The maximum atomic E-state index is 5.37. The predicted molar refractivity (Wildman–Crippen MR) is 244 cm³/mol. The van der Waals surface area contributed by atoms with Crippen molar-refractivity contribution in [3.63, 3.8) is 0 Å². The average Bonchev–Trinajstić information content (AvgIpc) is 3.85. The molecule has 4 nitrogen and oxygen atoms in total. The van der Waals surface area contributed by atoms with E-state index in [4.69, 9.17) is 15.0 Å². The largest absolute Gasteiger partial charge is 0.309 e. The van der Waals surface area contributed by atoms with Crippen molar-refractivity contribution in [1.29, 1.82) is 0 Å². The van der Waals surface area contributed by atoms with Crippen molar-refractivity contribution in [2.24, 2.45) is 0 Å². The molecule has 0 unspecified atom stereocenters. The molecule has 4 aromatic heterocycles. The highest BCUT2D eigenvalue weighted by Crippen LogP contribution is 2.44. The van der Waals surface area contributed by atoms with Gasteiger partial charge in [-0.3, -0.25) is 0 Å². The molecule has 0 radical (unpaired) electrons. The van der Waals surface area contributed by atoms with Crippen molar-refractivity contribution in [1.82, 2.24) is 19.5 Å². The van der Waals surface area contributed by atoms with Gasteiger partial charge in [0, 0.05) is 75.0 Å². The first kappa shape index (κ1) is 32.7. The Morgan fingerprint density at radius 2 is 1.00 bits per heavy atom. The zero-order valence-corrected chi connectivity index (χ0v) is 32.0. The van der Waals surface area contributed by atoms with E-state index in [1.807, 2.05) is 17.4 Å².